The van der Waals surface area contributed by atoms with Gasteiger partial charge in [-0.2, -0.15) is 0 Å². The summed E-state index contributed by atoms with van der Waals surface area (Å²) in [5.74, 6) is 0.0214. The summed E-state index contributed by atoms with van der Waals surface area (Å²) < 4.78 is 5.89. The number of carbonyl (C=O) groups excluding carboxylic acids is 2. The molecule has 0 aromatic heterocycles. The van der Waals surface area contributed by atoms with Crippen molar-refractivity contribution in [2.24, 2.45) is 0 Å². The molecule has 194 valence electrons. The first-order chi connectivity index (χ1) is 18.5. The number of hydrogen-bond acceptors (Lipinski definition) is 4. The Morgan fingerprint density at radius 1 is 0.842 bits per heavy atom. The molecule has 0 radical (unpaired) electrons. The van der Waals surface area contributed by atoms with Gasteiger partial charge in [-0.15, -0.1) is 0 Å². The van der Waals surface area contributed by atoms with Crippen molar-refractivity contribution in [3.63, 3.8) is 0 Å². The average molecular weight is 509 g/mol. The Hall–Kier alpha value is -4.42. The zero-order chi connectivity index (χ0) is 26.9. The van der Waals surface area contributed by atoms with Crippen molar-refractivity contribution in [1.82, 2.24) is 0 Å². The number of nitrogens with zero attached hydrogens (tertiary/aromatic N) is 1. The van der Waals surface area contributed by atoms with Crippen LogP contribution in [0.4, 0.5) is 11.4 Å². The number of ether oxygens (including phenoxy) is 1. The average Bonchev–Trinajstić information content (AvgIpc) is 2.95. The zero-order valence-electron chi connectivity index (χ0n) is 21.7. The molecule has 4 rings (SSSR count). The lowest BCUT2D eigenvalue weighted by Gasteiger charge is -2.22. The van der Waals surface area contributed by atoms with Crippen molar-refractivity contribution in [2.75, 3.05) is 30.5 Å². The molecule has 4 aromatic carbocycles. The number of hydrogen-bond donors (Lipinski definition) is 2. The predicted molar refractivity (Wildman–Crippen MR) is 152 cm³/mol. The molecule has 0 heterocycles. The van der Waals surface area contributed by atoms with Gasteiger partial charge in [0.2, 0.25) is 0 Å². The molecule has 6 heteroatoms. The van der Waals surface area contributed by atoms with Crippen LogP contribution >= 0.6 is 0 Å². The quantitative estimate of drug-likeness (QED) is 0.245. The van der Waals surface area contributed by atoms with Gasteiger partial charge in [-0.25, -0.2) is 0 Å². The van der Waals surface area contributed by atoms with Crippen molar-refractivity contribution in [2.45, 2.75) is 19.8 Å². The van der Waals surface area contributed by atoms with Crippen molar-refractivity contribution < 1.29 is 19.4 Å². The van der Waals surface area contributed by atoms with Crippen LogP contribution in [0.25, 0.3) is 11.1 Å². The summed E-state index contributed by atoms with van der Waals surface area (Å²) in [5, 5.41) is 12.0. The molecule has 0 saturated carbocycles. The number of para-hydroxylation sites is 3. The fourth-order valence-electron chi connectivity index (χ4n) is 4.33. The maximum atomic E-state index is 13.7. The van der Waals surface area contributed by atoms with Gasteiger partial charge in [0, 0.05) is 13.7 Å². The summed E-state index contributed by atoms with van der Waals surface area (Å²) in [6, 6.07) is 29.9. The number of aliphatic hydroxyl groups is 1. The molecule has 0 aliphatic rings. The van der Waals surface area contributed by atoms with Crippen molar-refractivity contribution in [3.05, 3.63) is 114 Å². The van der Waals surface area contributed by atoms with Gasteiger partial charge in [0.1, 0.15) is 5.75 Å². The first-order valence-electron chi connectivity index (χ1n) is 12.7. The first-order valence-corrected chi connectivity index (χ1v) is 12.7. The van der Waals surface area contributed by atoms with E-state index in [2.05, 4.69) is 5.32 Å². The lowest BCUT2D eigenvalue weighted by molar-refractivity contribution is 0.0993. The second-order valence-electron chi connectivity index (χ2n) is 8.97. The molecule has 2 N–H and O–H groups in total. The second kappa shape index (κ2) is 12.7. The molecule has 0 aliphatic heterocycles. The summed E-state index contributed by atoms with van der Waals surface area (Å²) in [6.07, 6.45) is 1.36. The van der Waals surface area contributed by atoms with Crippen LogP contribution in [0.3, 0.4) is 0 Å². The van der Waals surface area contributed by atoms with Gasteiger partial charge in [-0.05, 0) is 60.7 Å². The van der Waals surface area contributed by atoms with Crippen LogP contribution in [0.1, 0.15) is 39.1 Å². The fourth-order valence-corrected chi connectivity index (χ4v) is 4.33. The molecule has 2 amide bonds. The Balaban J connectivity index is 1.60. The topological polar surface area (TPSA) is 78.9 Å². The predicted octanol–water partition coefficient (Wildman–Crippen LogP) is 6.34. The van der Waals surface area contributed by atoms with E-state index in [0.717, 1.165) is 16.7 Å². The normalized spacial score (nSPS) is 10.6. The van der Waals surface area contributed by atoms with Gasteiger partial charge in [-0.1, -0.05) is 72.8 Å². The monoisotopic (exact) mass is 508 g/mol. The van der Waals surface area contributed by atoms with Gasteiger partial charge in [0.25, 0.3) is 11.8 Å². The Morgan fingerprint density at radius 2 is 1.55 bits per heavy atom. The number of nitrogens with one attached hydrogen (secondary N) is 1. The van der Waals surface area contributed by atoms with E-state index in [1.165, 1.54) is 4.90 Å². The van der Waals surface area contributed by atoms with Crippen LogP contribution in [-0.4, -0.2) is 37.2 Å². The van der Waals surface area contributed by atoms with Crippen LogP contribution in [0, 0.1) is 6.92 Å². The summed E-state index contributed by atoms with van der Waals surface area (Å²) in [4.78, 5) is 28.8. The molecule has 0 fully saturated rings. The maximum absolute atomic E-state index is 13.7. The van der Waals surface area contributed by atoms with Crippen molar-refractivity contribution in [1.29, 1.82) is 0 Å². The van der Waals surface area contributed by atoms with E-state index in [9.17, 15) is 9.59 Å². The second-order valence-corrected chi connectivity index (χ2v) is 8.97. The van der Waals surface area contributed by atoms with Gasteiger partial charge in [-0.3, -0.25) is 9.59 Å². The molecule has 0 spiro atoms. The highest BCUT2D eigenvalue weighted by molar-refractivity contribution is 6.15. The standard InChI is InChI=1S/C32H32N2O4/c1-23-13-12-17-25(24-14-4-3-5-15-24)30(23)31(36)33-27-18-7-6-16-26(27)32(37)34(2)28-19-8-9-20-29(28)38-22-11-10-21-35/h3-9,12-20,35H,10-11,21-22H2,1-2H3,(H,33,36). The Morgan fingerprint density at radius 3 is 2.34 bits per heavy atom. The highest BCUT2D eigenvalue weighted by Gasteiger charge is 2.22. The molecule has 0 unspecified atom stereocenters. The van der Waals surface area contributed by atoms with E-state index in [4.69, 9.17) is 9.84 Å². The summed E-state index contributed by atoms with van der Waals surface area (Å²) in [5.41, 5.74) is 4.60. The molecule has 38 heavy (non-hydrogen) atoms. The van der Waals surface area contributed by atoms with Gasteiger partial charge < -0.3 is 20.1 Å². The van der Waals surface area contributed by atoms with E-state index >= 15 is 0 Å². The van der Waals surface area contributed by atoms with Gasteiger partial charge in [0.05, 0.1) is 29.1 Å². The van der Waals surface area contributed by atoms with Crippen LogP contribution < -0.4 is 15.0 Å². The van der Waals surface area contributed by atoms with Crippen LogP contribution in [-0.2, 0) is 0 Å². The molecule has 0 aliphatic carbocycles. The van der Waals surface area contributed by atoms with E-state index in [1.54, 1.807) is 31.3 Å². The molecule has 0 bridgehead atoms. The zero-order valence-corrected chi connectivity index (χ0v) is 21.7. The van der Waals surface area contributed by atoms with Crippen molar-refractivity contribution >= 4 is 23.2 Å². The van der Waals surface area contributed by atoms with E-state index < -0.39 is 0 Å². The maximum Gasteiger partial charge on any atom is 0.260 e. The highest BCUT2D eigenvalue weighted by Crippen LogP contribution is 2.31. The third-order valence-corrected chi connectivity index (χ3v) is 6.33. The Kier molecular flexibility index (Phi) is 8.90. The van der Waals surface area contributed by atoms with Crippen molar-refractivity contribution in [3.8, 4) is 16.9 Å². The molecule has 6 nitrogen and oxygen atoms in total. The Bertz CT molecular complexity index is 1400. The lowest BCUT2D eigenvalue weighted by atomic mass is 9.95. The number of anilines is 2. The van der Waals surface area contributed by atoms with Crippen LogP contribution in [0.15, 0.2) is 97.1 Å². The smallest absolute Gasteiger partial charge is 0.260 e. The minimum Gasteiger partial charge on any atom is -0.491 e. The number of amides is 2. The fraction of sp³-hybridized carbons (Fsp3) is 0.188. The Labute approximate surface area is 223 Å². The number of rotatable bonds is 10. The SMILES string of the molecule is Cc1cccc(-c2ccccc2)c1C(=O)Nc1ccccc1C(=O)N(C)c1ccccc1OCCCCO. The minimum atomic E-state index is -0.280. The molecule has 0 atom stereocenters. The first kappa shape index (κ1) is 26.6. The third-order valence-electron chi connectivity index (χ3n) is 6.33. The number of unbranched alkanes of at least 4 members (excludes halogenated alkanes) is 1. The van der Waals surface area contributed by atoms with Crippen LogP contribution in [0.5, 0.6) is 5.75 Å². The summed E-state index contributed by atoms with van der Waals surface area (Å²) >= 11 is 0. The number of benzene rings is 4. The largest absolute Gasteiger partial charge is 0.491 e. The minimum absolute atomic E-state index is 0.112. The molecular weight excluding hydrogens is 476 g/mol. The van der Waals surface area contributed by atoms with Crippen LogP contribution in [0.2, 0.25) is 0 Å². The molecule has 4 aromatic rings. The highest BCUT2D eigenvalue weighted by atomic mass is 16.5. The third kappa shape index (κ3) is 6.10. The van der Waals surface area contributed by atoms with Gasteiger partial charge in [0.15, 0.2) is 0 Å². The van der Waals surface area contributed by atoms with Gasteiger partial charge >= 0.3 is 0 Å². The molecule has 0 saturated heterocycles. The summed E-state index contributed by atoms with van der Waals surface area (Å²) in [6.45, 7) is 2.46. The van der Waals surface area contributed by atoms with E-state index in [0.29, 0.717) is 47.7 Å². The number of aliphatic hydroxyl groups excluding tert-OH is 1. The summed E-state index contributed by atoms with van der Waals surface area (Å²) in [7, 11) is 1.69. The van der Waals surface area contributed by atoms with E-state index in [1.807, 2.05) is 79.7 Å². The number of carbonyl (C=O) groups is 2. The van der Waals surface area contributed by atoms with E-state index in [-0.39, 0.29) is 18.4 Å². The molecular formula is C32H32N2O4. The number of aryl methyl sites for hydroxylation is 1. The lowest BCUT2D eigenvalue weighted by Crippen LogP contribution is -2.28.